The lowest BCUT2D eigenvalue weighted by Crippen LogP contribution is -2.14. The van der Waals surface area contributed by atoms with Gasteiger partial charge in [0, 0.05) is 6.42 Å². The zero-order valence-electron chi connectivity index (χ0n) is 7.47. The minimum Gasteiger partial charge on any atom is -0.286 e. The van der Waals surface area contributed by atoms with E-state index in [1.807, 2.05) is 0 Å². The van der Waals surface area contributed by atoms with E-state index >= 15 is 0 Å². The summed E-state index contributed by atoms with van der Waals surface area (Å²) >= 11 is 6.99. The number of nitrogens with zero attached hydrogens (tertiary/aromatic N) is 1. The summed E-state index contributed by atoms with van der Waals surface area (Å²) < 4.78 is 30.3. The number of rotatable bonds is 4. The first kappa shape index (κ1) is 11.9. The molecular weight excluding hydrogens is 246 g/mol. The van der Waals surface area contributed by atoms with E-state index in [0.717, 1.165) is 5.01 Å². The van der Waals surface area contributed by atoms with Crippen molar-refractivity contribution in [3.63, 3.8) is 0 Å². The van der Waals surface area contributed by atoms with Gasteiger partial charge in [0.2, 0.25) is 0 Å². The fourth-order valence-electron chi connectivity index (χ4n) is 1.10. The highest BCUT2D eigenvalue weighted by Crippen LogP contribution is 2.21. The van der Waals surface area contributed by atoms with Gasteiger partial charge < -0.3 is 0 Å². The molecule has 0 saturated carbocycles. The third-order valence-corrected chi connectivity index (χ3v) is 3.67. The summed E-state index contributed by atoms with van der Waals surface area (Å²) in [6.45, 7) is 1.74. The van der Waals surface area contributed by atoms with Crippen LogP contribution in [0.1, 0.15) is 11.9 Å². The highest BCUT2D eigenvalue weighted by Gasteiger charge is 2.14. The second-order valence-corrected chi connectivity index (χ2v) is 6.36. The van der Waals surface area contributed by atoms with Crippen LogP contribution in [0, 0.1) is 5.92 Å². The van der Waals surface area contributed by atoms with E-state index in [0.29, 0.717) is 10.8 Å². The fourth-order valence-corrected chi connectivity index (χ4v) is 3.06. The molecule has 0 amide bonds. The molecule has 1 aromatic heterocycles. The third kappa shape index (κ3) is 4.36. The van der Waals surface area contributed by atoms with Gasteiger partial charge in [-0.3, -0.25) is 4.55 Å². The number of thiazole rings is 1. The Labute approximate surface area is 91.7 Å². The monoisotopic (exact) mass is 255 g/mol. The van der Waals surface area contributed by atoms with Crippen molar-refractivity contribution in [1.82, 2.24) is 4.98 Å². The number of aromatic nitrogens is 1. The SMILES string of the molecule is CC(Cc1ncc(Cl)s1)CS(=O)(=O)O. The van der Waals surface area contributed by atoms with Gasteiger partial charge in [-0.1, -0.05) is 18.5 Å². The van der Waals surface area contributed by atoms with E-state index in [2.05, 4.69) is 4.98 Å². The van der Waals surface area contributed by atoms with E-state index in [-0.39, 0.29) is 11.7 Å². The maximum atomic E-state index is 10.5. The number of hydrogen-bond acceptors (Lipinski definition) is 4. The van der Waals surface area contributed by atoms with Crippen LogP contribution < -0.4 is 0 Å². The Morgan fingerprint density at radius 2 is 2.36 bits per heavy atom. The van der Waals surface area contributed by atoms with Crippen LogP contribution in [-0.2, 0) is 16.5 Å². The lowest BCUT2D eigenvalue weighted by Gasteiger charge is -2.05. The summed E-state index contributed by atoms with van der Waals surface area (Å²) in [5.74, 6) is -0.406. The van der Waals surface area contributed by atoms with Crippen LogP contribution >= 0.6 is 22.9 Å². The van der Waals surface area contributed by atoms with Crippen LogP contribution in [0.4, 0.5) is 0 Å². The first-order valence-corrected chi connectivity index (χ1v) is 6.72. The van der Waals surface area contributed by atoms with Crippen molar-refractivity contribution in [3.05, 3.63) is 15.5 Å². The smallest absolute Gasteiger partial charge is 0.265 e. The lowest BCUT2D eigenvalue weighted by atomic mass is 10.1. The Hall–Kier alpha value is -0.170. The van der Waals surface area contributed by atoms with Crippen molar-refractivity contribution in [2.45, 2.75) is 13.3 Å². The zero-order valence-corrected chi connectivity index (χ0v) is 9.86. The largest absolute Gasteiger partial charge is 0.286 e. The summed E-state index contributed by atoms with van der Waals surface area (Å²) in [4.78, 5) is 4.00. The Bertz CT molecular complexity index is 401. The predicted molar refractivity (Wildman–Crippen MR) is 56.4 cm³/mol. The Kier molecular flexibility index (Phi) is 3.88. The molecule has 7 heteroatoms. The average Bonchev–Trinajstić information content (AvgIpc) is 2.30. The molecule has 0 aliphatic heterocycles. The maximum Gasteiger partial charge on any atom is 0.265 e. The van der Waals surface area contributed by atoms with Crippen LogP contribution in [0.5, 0.6) is 0 Å². The Balaban J connectivity index is 2.53. The van der Waals surface area contributed by atoms with Gasteiger partial charge in [0.15, 0.2) is 0 Å². The second kappa shape index (κ2) is 4.57. The van der Waals surface area contributed by atoms with Crippen molar-refractivity contribution in [2.75, 3.05) is 5.75 Å². The van der Waals surface area contributed by atoms with Crippen molar-refractivity contribution < 1.29 is 13.0 Å². The molecule has 0 aliphatic rings. The first-order chi connectivity index (χ1) is 6.37. The summed E-state index contributed by atoms with van der Waals surface area (Å²) in [5, 5.41) is 0.783. The predicted octanol–water partition coefficient (Wildman–Crippen LogP) is 1.86. The molecule has 4 nitrogen and oxygen atoms in total. The van der Waals surface area contributed by atoms with Gasteiger partial charge in [0.1, 0.15) is 4.34 Å². The minimum absolute atomic E-state index is 0.160. The van der Waals surface area contributed by atoms with Crippen LogP contribution in [0.15, 0.2) is 6.20 Å². The molecule has 0 spiro atoms. The molecule has 0 aromatic carbocycles. The van der Waals surface area contributed by atoms with E-state index in [4.69, 9.17) is 16.2 Å². The summed E-state index contributed by atoms with van der Waals surface area (Å²) in [5.41, 5.74) is 0. The topological polar surface area (TPSA) is 67.3 Å². The van der Waals surface area contributed by atoms with Gasteiger partial charge in [-0.25, -0.2) is 4.98 Å². The summed E-state index contributed by atoms with van der Waals surface area (Å²) in [6, 6.07) is 0. The van der Waals surface area contributed by atoms with E-state index < -0.39 is 10.1 Å². The maximum absolute atomic E-state index is 10.5. The van der Waals surface area contributed by atoms with Gasteiger partial charge >= 0.3 is 0 Å². The molecule has 0 bridgehead atoms. The Morgan fingerprint density at radius 1 is 1.71 bits per heavy atom. The van der Waals surface area contributed by atoms with Crippen LogP contribution in [0.25, 0.3) is 0 Å². The van der Waals surface area contributed by atoms with Crippen molar-refractivity contribution in [1.29, 1.82) is 0 Å². The second-order valence-electron chi connectivity index (χ2n) is 3.12. The van der Waals surface area contributed by atoms with Gasteiger partial charge in [0.05, 0.1) is 17.0 Å². The van der Waals surface area contributed by atoms with Crippen LogP contribution in [0.3, 0.4) is 0 Å². The summed E-state index contributed by atoms with van der Waals surface area (Å²) in [7, 11) is -3.89. The molecular formula is C7H10ClNO3S2. The van der Waals surface area contributed by atoms with E-state index in [1.165, 1.54) is 17.5 Å². The molecule has 80 valence electrons. The molecule has 1 unspecified atom stereocenters. The fraction of sp³-hybridized carbons (Fsp3) is 0.571. The molecule has 0 radical (unpaired) electrons. The van der Waals surface area contributed by atoms with Crippen LogP contribution in [0.2, 0.25) is 4.34 Å². The molecule has 1 aromatic rings. The molecule has 0 fully saturated rings. The highest BCUT2D eigenvalue weighted by atomic mass is 35.5. The standard InChI is InChI=1S/C7H10ClNO3S2/c1-5(4-14(10,11)12)2-7-9-3-6(8)13-7/h3,5H,2,4H2,1H3,(H,10,11,12). The molecule has 0 saturated heterocycles. The molecule has 1 N–H and O–H groups in total. The van der Waals surface area contributed by atoms with E-state index in [1.54, 1.807) is 6.92 Å². The quantitative estimate of drug-likeness (QED) is 0.834. The molecule has 1 heterocycles. The highest BCUT2D eigenvalue weighted by molar-refractivity contribution is 7.85. The average molecular weight is 256 g/mol. The van der Waals surface area contributed by atoms with Crippen LogP contribution in [-0.4, -0.2) is 23.7 Å². The molecule has 0 aliphatic carbocycles. The molecule has 14 heavy (non-hydrogen) atoms. The number of halogens is 1. The van der Waals surface area contributed by atoms with Gasteiger partial charge in [-0.2, -0.15) is 8.42 Å². The van der Waals surface area contributed by atoms with Crippen molar-refractivity contribution >= 4 is 33.1 Å². The Morgan fingerprint density at radius 3 is 2.79 bits per heavy atom. The van der Waals surface area contributed by atoms with Crippen molar-refractivity contribution in [3.8, 4) is 0 Å². The normalized spacial score (nSPS) is 14.2. The number of hydrogen-bond donors (Lipinski definition) is 1. The molecule has 1 rings (SSSR count). The first-order valence-electron chi connectivity index (χ1n) is 3.92. The zero-order chi connectivity index (χ0) is 10.8. The third-order valence-electron chi connectivity index (χ3n) is 1.54. The van der Waals surface area contributed by atoms with Crippen molar-refractivity contribution in [2.24, 2.45) is 5.92 Å². The van der Waals surface area contributed by atoms with E-state index in [9.17, 15) is 8.42 Å². The lowest BCUT2D eigenvalue weighted by molar-refractivity contribution is 0.468. The summed E-state index contributed by atoms with van der Waals surface area (Å²) in [6.07, 6.45) is 2.04. The van der Waals surface area contributed by atoms with Gasteiger partial charge in [0.25, 0.3) is 10.1 Å². The van der Waals surface area contributed by atoms with Gasteiger partial charge in [-0.05, 0) is 5.92 Å². The minimum atomic E-state index is -3.89. The van der Waals surface area contributed by atoms with Gasteiger partial charge in [-0.15, -0.1) is 11.3 Å². The molecule has 1 atom stereocenters.